The third-order valence-corrected chi connectivity index (χ3v) is 5.80. The molecule has 0 saturated heterocycles. The van der Waals surface area contributed by atoms with E-state index in [1.165, 1.54) is 30.3 Å². The van der Waals surface area contributed by atoms with Crippen LogP contribution in [-0.2, 0) is 4.74 Å². The number of hydrogen-bond acceptors (Lipinski definition) is 4. The van der Waals surface area contributed by atoms with E-state index >= 15 is 0 Å². The summed E-state index contributed by atoms with van der Waals surface area (Å²) < 4.78 is 5.50. The summed E-state index contributed by atoms with van der Waals surface area (Å²) in [5.41, 5.74) is 0.957. The Balaban J connectivity index is 1.75. The first-order valence-electron chi connectivity index (χ1n) is 10.0. The van der Waals surface area contributed by atoms with Gasteiger partial charge in [-0.25, -0.2) is 9.69 Å². The van der Waals surface area contributed by atoms with Gasteiger partial charge in [-0.2, -0.15) is 0 Å². The highest BCUT2D eigenvalue weighted by Gasteiger charge is 2.37. The summed E-state index contributed by atoms with van der Waals surface area (Å²) in [7, 11) is 0. The van der Waals surface area contributed by atoms with Gasteiger partial charge >= 0.3 is 5.97 Å². The second kappa shape index (κ2) is 9.63. The number of unbranched alkanes of at least 4 members (excludes halogenated alkanes) is 3. The average molecular weight is 448 g/mol. The van der Waals surface area contributed by atoms with E-state index in [1.54, 1.807) is 6.07 Å². The molecule has 0 aromatic heterocycles. The van der Waals surface area contributed by atoms with Crippen LogP contribution in [-0.4, -0.2) is 23.9 Å². The van der Waals surface area contributed by atoms with Crippen LogP contribution < -0.4 is 4.90 Å². The van der Waals surface area contributed by atoms with Gasteiger partial charge in [-0.1, -0.05) is 49.4 Å². The molecule has 0 bridgehead atoms. The Morgan fingerprint density at radius 1 is 0.967 bits per heavy atom. The zero-order chi connectivity index (χ0) is 21.8. The number of carbonyl (C=O) groups excluding carboxylic acids is 3. The number of imide groups is 1. The maximum Gasteiger partial charge on any atom is 0.338 e. The lowest BCUT2D eigenvalue weighted by Gasteiger charge is -2.14. The van der Waals surface area contributed by atoms with Gasteiger partial charge in [0.15, 0.2) is 0 Å². The van der Waals surface area contributed by atoms with Crippen LogP contribution in [0.5, 0.6) is 0 Å². The summed E-state index contributed by atoms with van der Waals surface area (Å²) >= 11 is 11.9. The zero-order valence-corrected chi connectivity index (χ0v) is 18.4. The first-order chi connectivity index (χ1) is 14.3. The number of fused-ring (bicyclic) bond motifs is 1. The van der Waals surface area contributed by atoms with Crippen molar-refractivity contribution in [1.29, 1.82) is 0 Å². The Bertz CT molecular complexity index is 989. The van der Waals surface area contributed by atoms with Gasteiger partial charge in [0.25, 0.3) is 11.8 Å². The lowest BCUT2D eigenvalue weighted by atomic mass is 10.1. The SMILES string of the molecule is CCCCCC[C@@H](C)OC(=O)c1ccc2c(c1)C(=O)N(c1ccc(Cl)c(Cl)c1)C2=O. The van der Waals surface area contributed by atoms with Crippen LogP contribution in [0.2, 0.25) is 10.0 Å². The number of anilines is 1. The lowest BCUT2D eigenvalue weighted by molar-refractivity contribution is 0.0319. The molecule has 1 aliphatic heterocycles. The highest BCUT2D eigenvalue weighted by molar-refractivity contribution is 6.42. The van der Waals surface area contributed by atoms with E-state index in [4.69, 9.17) is 27.9 Å². The third kappa shape index (κ3) is 4.68. The monoisotopic (exact) mass is 447 g/mol. The molecule has 0 fully saturated rings. The predicted molar refractivity (Wildman–Crippen MR) is 118 cm³/mol. The molecule has 2 aromatic rings. The van der Waals surface area contributed by atoms with Gasteiger partial charge in [0.05, 0.1) is 38.5 Å². The molecule has 5 nitrogen and oxygen atoms in total. The van der Waals surface area contributed by atoms with Gasteiger partial charge < -0.3 is 4.74 Å². The minimum absolute atomic E-state index is 0.163. The Hall–Kier alpha value is -2.37. The van der Waals surface area contributed by atoms with Crippen LogP contribution in [0.15, 0.2) is 36.4 Å². The Labute approximate surface area is 185 Å². The molecular formula is C23H23Cl2NO4. The molecule has 0 unspecified atom stereocenters. The van der Waals surface area contributed by atoms with Gasteiger partial charge in [-0.3, -0.25) is 9.59 Å². The lowest BCUT2D eigenvalue weighted by Crippen LogP contribution is -2.29. The topological polar surface area (TPSA) is 63.7 Å². The quantitative estimate of drug-likeness (QED) is 0.270. The smallest absolute Gasteiger partial charge is 0.338 e. The predicted octanol–water partition coefficient (Wildman–Crippen LogP) is 6.31. The minimum Gasteiger partial charge on any atom is -0.459 e. The minimum atomic E-state index is -0.518. The number of carbonyl (C=O) groups is 3. The van der Waals surface area contributed by atoms with Crippen molar-refractivity contribution < 1.29 is 19.1 Å². The molecule has 158 valence electrons. The van der Waals surface area contributed by atoms with Crippen LogP contribution in [0.25, 0.3) is 0 Å². The maximum absolute atomic E-state index is 12.9. The van der Waals surface area contributed by atoms with Crippen molar-refractivity contribution in [2.45, 2.75) is 52.1 Å². The van der Waals surface area contributed by atoms with E-state index in [1.807, 2.05) is 6.92 Å². The largest absolute Gasteiger partial charge is 0.459 e. The van der Waals surface area contributed by atoms with Crippen molar-refractivity contribution in [2.24, 2.45) is 0 Å². The normalized spacial score (nSPS) is 14.1. The summed E-state index contributed by atoms with van der Waals surface area (Å²) in [5.74, 6) is -1.50. The van der Waals surface area contributed by atoms with E-state index in [-0.39, 0.29) is 27.8 Å². The van der Waals surface area contributed by atoms with Crippen LogP contribution in [0.4, 0.5) is 5.69 Å². The maximum atomic E-state index is 12.9. The number of esters is 1. The molecule has 0 N–H and O–H groups in total. The third-order valence-electron chi connectivity index (χ3n) is 5.06. The fourth-order valence-corrected chi connectivity index (χ4v) is 3.69. The molecule has 0 radical (unpaired) electrons. The van der Waals surface area contributed by atoms with Crippen molar-refractivity contribution in [1.82, 2.24) is 0 Å². The molecule has 1 heterocycles. The van der Waals surface area contributed by atoms with Crippen molar-refractivity contribution in [3.05, 3.63) is 63.1 Å². The molecule has 30 heavy (non-hydrogen) atoms. The van der Waals surface area contributed by atoms with E-state index < -0.39 is 17.8 Å². The summed E-state index contributed by atoms with van der Waals surface area (Å²) in [6, 6.07) is 8.93. The van der Waals surface area contributed by atoms with Crippen LogP contribution in [0, 0.1) is 0 Å². The Morgan fingerprint density at radius 3 is 2.40 bits per heavy atom. The van der Waals surface area contributed by atoms with Gasteiger partial charge in [-0.15, -0.1) is 0 Å². The molecule has 0 spiro atoms. The summed E-state index contributed by atoms with van der Waals surface area (Å²) in [6.07, 6.45) is 5.00. The van der Waals surface area contributed by atoms with Crippen LogP contribution in [0.3, 0.4) is 0 Å². The van der Waals surface area contributed by atoms with Crippen LogP contribution in [0.1, 0.15) is 77.0 Å². The van der Waals surface area contributed by atoms with Gasteiger partial charge in [0.1, 0.15) is 0 Å². The fraction of sp³-hybridized carbons (Fsp3) is 0.348. The molecule has 2 aromatic carbocycles. The zero-order valence-electron chi connectivity index (χ0n) is 16.9. The highest BCUT2D eigenvalue weighted by atomic mass is 35.5. The van der Waals surface area contributed by atoms with E-state index in [0.29, 0.717) is 10.7 Å². The summed E-state index contributed by atoms with van der Waals surface area (Å²) in [4.78, 5) is 39.2. The van der Waals surface area contributed by atoms with Crippen LogP contribution >= 0.6 is 23.2 Å². The first kappa shape index (κ1) is 22.3. The van der Waals surface area contributed by atoms with Gasteiger partial charge in [0, 0.05) is 0 Å². The second-order valence-corrected chi connectivity index (χ2v) is 8.18. The molecule has 2 amide bonds. The summed E-state index contributed by atoms with van der Waals surface area (Å²) in [6.45, 7) is 4.00. The number of benzene rings is 2. The Kier molecular flexibility index (Phi) is 7.16. The number of ether oxygens (including phenoxy) is 1. The highest BCUT2D eigenvalue weighted by Crippen LogP contribution is 2.33. The fourth-order valence-electron chi connectivity index (χ4n) is 3.39. The van der Waals surface area contributed by atoms with Crippen molar-refractivity contribution >= 4 is 46.7 Å². The molecule has 3 rings (SSSR count). The molecule has 1 atom stereocenters. The first-order valence-corrected chi connectivity index (χ1v) is 10.8. The number of rotatable bonds is 8. The van der Waals surface area contributed by atoms with E-state index in [2.05, 4.69) is 6.92 Å². The van der Waals surface area contributed by atoms with Gasteiger partial charge in [-0.05, 0) is 56.2 Å². The van der Waals surface area contributed by atoms with Gasteiger partial charge in [0.2, 0.25) is 0 Å². The van der Waals surface area contributed by atoms with E-state index in [0.717, 1.165) is 37.0 Å². The average Bonchev–Trinajstić information content (AvgIpc) is 2.97. The molecule has 0 saturated carbocycles. The van der Waals surface area contributed by atoms with Crippen molar-refractivity contribution in [3.8, 4) is 0 Å². The number of amides is 2. The van der Waals surface area contributed by atoms with Crippen molar-refractivity contribution in [2.75, 3.05) is 4.90 Å². The van der Waals surface area contributed by atoms with Crippen molar-refractivity contribution in [3.63, 3.8) is 0 Å². The Morgan fingerprint density at radius 2 is 1.70 bits per heavy atom. The molecule has 0 aliphatic carbocycles. The molecule has 7 heteroatoms. The number of halogens is 2. The molecule has 1 aliphatic rings. The molecular weight excluding hydrogens is 425 g/mol. The second-order valence-electron chi connectivity index (χ2n) is 7.37. The number of nitrogens with zero attached hydrogens (tertiary/aromatic N) is 1. The standard InChI is InChI=1S/C23H23Cl2NO4/c1-3-4-5-6-7-14(2)30-23(29)15-8-10-17-18(12-15)22(28)26(21(17)27)16-9-11-19(24)20(25)13-16/h8-14H,3-7H2,1-2H3/t14-/m1/s1. The number of hydrogen-bond donors (Lipinski definition) is 0. The van der Waals surface area contributed by atoms with E-state index in [9.17, 15) is 14.4 Å². The summed E-state index contributed by atoms with van der Waals surface area (Å²) in [5, 5.41) is 0.564.